The molecule has 0 amide bonds. The molecule has 0 aromatic rings. The van der Waals surface area contributed by atoms with Crippen LogP contribution in [0.4, 0.5) is 0 Å². The first-order chi connectivity index (χ1) is 10.2. The van der Waals surface area contributed by atoms with Crippen molar-refractivity contribution in [2.24, 2.45) is 0 Å². The van der Waals surface area contributed by atoms with Crippen LogP contribution in [0.15, 0.2) is 0 Å². The summed E-state index contributed by atoms with van der Waals surface area (Å²) in [5.41, 5.74) is 0.775. The molecule has 1 atom stereocenters. The second-order valence-electron chi connectivity index (χ2n) is 7.64. The molecule has 1 unspecified atom stereocenters. The molecule has 21 heavy (non-hydrogen) atoms. The van der Waals surface area contributed by atoms with Crippen molar-refractivity contribution in [1.29, 1.82) is 0 Å². The Morgan fingerprint density at radius 2 is 1.86 bits per heavy atom. The molecular weight excluding hydrogens is 260 g/mol. The minimum Gasteiger partial charge on any atom is -0.377 e. The summed E-state index contributed by atoms with van der Waals surface area (Å²) in [5.74, 6) is 0. The van der Waals surface area contributed by atoms with Gasteiger partial charge in [-0.3, -0.25) is 4.90 Å². The molecule has 0 aromatic carbocycles. The zero-order valence-electron chi connectivity index (χ0n) is 14.1. The third kappa shape index (κ3) is 3.16. The van der Waals surface area contributed by atoms with Gasteiger partial charge >= 0.3 is 0 Å². The van der Waals surface area contributed by atoms with Crippen molar-refractivity contribution in [2.75, 3.05) is 26.2 Å². The summed E-state index contributed by atoms with van der Waals surface area (Å²) in [6.07, 6.45) is 12.4. The Balaban J connectivity index is 1.72. The minimum atomic E-state index is 0.336. The first kappa shape index (κ1) is 15.8. The Bertz CT molecular complexity index is 328. The standard InChI is InChI=1S/C18H34N2O/c1-3-17(4-2)15-20(13-16-9-5-8-12-21-16)18(14-19-17)10-6-7-11-18/h16,19H,3-15H2,1-2H3. The Morgan fingerprint density at radius 3 is 2.48 bits per heavy atom. The molecule has 2 saturated heterocycles. The third-order valence-electron chi connectivity index (χ3n) is 6.54. The molecule has 2 aliphatic heterocycles. The Kier molecular flexibility index (Phi) is 4.92. The maximum absolute atomic E-state index is 6.06. The molecule has 122 valence electrons. The SMILES string of the molecule is CCC1(CC)CN(CC2CCCCO2)C2(CCCC2)CN1. The first-order valence-corrected chi connectivity index (χ1v) is 9.34. The van der Waals surface area contributed by atoms with Crippen molar-refractivity contribution in [1.82, 2.24) is 10.2 Å². The summed E-state index contributed by atoms with van der Waals surface area (Å²) in [4.78, 5) is 2.85. The molecule has 1 saturated carbocycles. The fraction of sp³-hybridized carbons (Fsp3) is 1.00. The largest absolute Gasteiger partial charge is 0.377 e. The molecule has 3 fully saturated rings. The van der Waals surface area contributed by atoms with Crippen LogP contribution in [0.1, 0.15) is 71.6 Å². The van der Waals surface area contributed by atoms with Gasteiger partial charge in [0.15, 0.2) is 0 Å². The van der Waals surface area contributed by atoms with Gasteiger partial charge in [-0.15, -0.1) is 0 Å². The molecule has 3 heteroatoms. The topological polar surface area (TPSA) is 24.5 Å². The summed E-state index contributed by atoms with van der Waals surface area (Å²) in [7, 11) is 0. The van der Waals surface area contributed by atoms with Gasteiger partial charge in [-0.05, 0) is 44.9 Å². The fourth-order valence-corrected chi connectivity index (χ4v) is 4.76. The van der Waals surface area contributed by atoms with E-state index in [4.69, 9.17) is 4.74 Å². The van der Waals surface area contributed by atoms with E-state index in [0.717, 1.165) is 6.61 Å². The summed E-state index contributed by atoms with van der Waals surface area (Å²) in [5, 5.41) is 3.95. The van der Waals surface area contributed by atoms with Crippen LogP contribution >= 0.6 is 0 Å². The Labute approximate surface area is 130 Å². The highest BCUT2D eigenvalue weighted by Gasteiger charge is 2.47. The predicted molar refractivity (Wildman–Crippen MR) is 87.7 cm³/mol. The predicted octanol–water partition coefficient (Wildman–Crippen LogP) is 3.33. The van der Waals surface area contributed by atoms with Gasteiger partial charge in [0.2, 0.25) is 0 Å². The van der Waals surface area contributed by atoms with Gasteiger partial charge in [-0.2, -0.15) is 0 Å². The molecule has 1 N–H and O–H groups in total. The van der Waals surface area contributed by atoms with Crippen LogP contribution in [-0.2, 0) is 4.74 Å². The van der Waals surface area contributed by atoms with Crippen LogP contribution in [0, 0.1) is 0 Å². The summed E-state index contributed by atoms with van der Waals surface area (Å²) in [6.45, 7) is 9.26. The normalized spacial score (nSPS) is 32.6. The van der Waals surface area contributed by atoms with Crippen LogP contribution in [0.2, 0.25) is 0 Å². The van der Waals surface area contributed by atoms with Gasteiger partial charge in [-0.1, -0.05) is 26.7 Å². The van der Waals surface area contributed by atoms with Crippen LogP contribution in [-0.4, -0.2) is 48.3 Å². The first-order valence-electron chi connectivity index (χ1n) is 9.34. The lowest BCUT2D eigenvalue weighted by Crippen LogP contribution is -2.70. The summed E-state index contributed by atoms with van der Waals surface area (Å²) < 4.78 is 6.06. The second kappa shape index (κ2) is 6.55. The second-order valence-corrected chi connectivity index (χ2v) is 7.64. The van der Waals surface area contributed by atoms with E-state index in [0.29, 0.717) is 17.2 Å². The van der Waals surface area contributed by atoms with Gasteiger partial charge < -0.3 is 10.1 Å². The zero-order valence-corrected chi connectivity index (χ0v) is 14.1. The van der Waals surface area contributed by atoms with E-state index in [9.17, 15) is 0 Å². The van der Waals surface area contributed by atoms with Gasteiger partial charge in [0, 0.05) is 37.3 Å². The average molecular weight is 294 g/mol. The highest BCUT2D eigenvalue weighted by atomic mass is 16.5. The van der Waals surface area contributed by atoms with E-state index in [1.54, 1.807) is 0 Å². The quantitative estimate of drug-likeness (QED) is 0.861. The highest BCUT2D eigenvalue weighted by Crippen LogP contribution is 2.40. The smallest absolute Gasteiger partial charge is 0.0702 e. The summed E-state index contributed by atoms with van der Waals surface area (Å²) in [6, 6.07) is 0. The van der Waals surface area contributed by atoms with E-state index < -0.39 is 0 Å². The Morgan fingerprint density at radius 1 is 1.10 bits per heavy atom. The maximum Gasteiger partial charge on any atom is 0.0702 e. The highest BCUT2D eigenvalue weighted by molar-refractivity contribution is 5.07. The van der Waals surface area contributed by atoms with Crippen LogP contribution in [0.3, 0.4) is 0 Å². The third-order valence-corrected chi connectivity index (χ3v) is 6.54. The van der Waals surface area contributed by atoms with E-state index in [2.05, 4.69) is 24.1 Å². The molecule has 1 spiro atoms. The van der Waals surface area contributed by atoms with E-state index in [1.165, 1.54) is 77.4 Å². The number of rotatable bonds is 4. The molecule has 0 aromatic heterocycles. The van der Waals surface area contributed by atoms with Crippen molar-refractivity contribution in [2.45, 2.75) is 88.8 Å². The van der Waals surface area contributed by atoms with E-state index in [1.807, 2.05) is 0 Å². The van der Waals surface area contributed by atoms with Crippen molar-refractivity contribution in [3.8, 4) is 0 Å². The lowest BCUT2D eigenvalue weighted by Gasteiger charge is -2.54. The monoisotopic (exact) mass is 294 g/mol. The zero-order chi connectivity index (χ0) is 14.8. The molecule has 0 radical (unpaired) electrons. The molecule has 0 bridgehead atoms. The molecular formula is C18H34N2O. The van der Waals surface area contributed by atoms with Crippen molar-refractivity contribution in [3.63, 3.8) is 0 Å². The van der Waals surface area contributed by atoms with Gasteiger partial charge in [-0.25, -0.2) is 0 Å². The van der Waals surface area contributed by atoms with Gasteiger partial charge in [0.05, 0.1) is 6.10 Å². The summed E-state index contributed by atoms with van der Waals surface area (Å²) >= 11 is 0. The molecule has 3 aliphatic rings. The molecule has 2 heterocycles. The molecule has 3 rings (SSSR count). The number of nitrogens with one attached hydrogen (secondary N) is 1. The minimum absolute atomic E-state index is 0.336. The lowest BCUT2D eigenvalue weighted by atomic mass is 9.82. The van der Waals surface area contributed by atoms with Crippen molar-refractivity contribution >= 4 is 0 Å². The van der Waals surface area contributed by atoms with Crippen LogP contribution < -0.4 is 5.32 Å². The number of hydrogen-bond donors (Lipinski definition) is 1. The number of piperazine rings is 1. The molecule has 1 aliphatic carbocycles. The number of hydrogen-bond acceptors (Lipinski definition) is 3. The van der Waals surface area contributed by atoms with E-state index in [-0.39, 0.29) is 0 Å². The average Bonchev–Trinajstić information content (AvgIpc) is 3.01. The van der Waals surface area contributed by atoms with Gasteiger partial charge in [0.25, 0.3) is 0 Å². The van der Waals surface area contributed by atoms with Gasteiger partial charge in [0.1, 0.15) is 0 Å². The number of nitrogens with zero attached hydrogens (tertiary/aromatic N) is 1. The van der Waals surface area contributed by atoms with Crippen molar-refractivity contribution in [3.05, 3.63) is 0 Å². The van der Waals surface area contributed by atoms with Crippen LogP contribution in [0.25, 0.3) is 0 Å². The Hall–Kier alpha value is -0.120. The van der Waals surface area contributed by atoms with E-state index >= 15 is 0 Å². The fourth-order valence-electron chi connectivity index (χ4n) is 4.76. The number of ether oxygens (including phenoxy) is 1. The maximum atomic E-state index is 6.06. The van der Waals surface area contributed by atoms with Crippen molar-refractivity contribution < 1.29 is 4.74 Å². The lowest BCUT2D eigenvalue weighted by molar-refractivity contribution is -0.0588. The molecule has 3 nitrogen and oxygen atoms in total. The van der Waals surface area contributed by atoms with Crippen LogP contribution in [0.5, 0.6) is 0 Å².